The van der Waals surface area contributed by atoms with E-state index in [9.17, 15) is 0 Å². The molecule has 0 saturated heterocycles. The number of halogens is 1. The first-order valence-corrected chi connectivity index (χ1v) is 7.32. The monoisotopic (exact) mass is 275 g/mol. The van der Waals surface area contributed by atoms with Crippen molar-refractivity contribution in [1.29, 1.82) is 0 Å². The molecule has 5 nitrogen and oxygen atoms in total. The molecule has 4 unspecified atom stereocenters. The minimum Gasteiger partial charge on any atom is -0.366 e. The van der Waals surface area contributed by atoms with Crippen molar-refractivity contribution < 1.29 is 0 Å². The summed E-state index contributed by atoms with van der Waals surface area (Å²) in [5, 5.41) is 11.7. The van der Waals surface area contributed by atoms with Crippen LogP contribution in [0.3, 0.4) is 0 Å². The summed E-state index contributed by atoms with van der Waals surface area (Å²) in [6.45, 7) is 0. The number of aromatic nitrogens is 4. The van der Waals surface area contributed by atoms with Crippen molar-refractivity contribution in [3.05, 3.63) is 11.5 Å². The Morgan fingerprint density at radius 1 is 1.21 bits per heavy atom. The van der Waals surface area contributed by atoms with E-state index in [2.05, 4.69) is 25.5 Å². The molecule has 5 rings (SSSR count). The Labute approximate surface area is 115 Å². The van der Waals surface area contributed by atoms with E-state index in [-0.39, 0.29) is 5.28 Å². The minimum atomic E-state index is 0.271. The molecule has 2 N–H and O–H groups in total. The second-order valence-corrected chi connectivity index (χ2v) is 6.47. The van der Waals surface area contributed by atoms with Crippen molar-refractivity contribution in [3.63, 3.8) is 0 Å². The molecule has 98 valence electrons. The third-order valence-electron chi connectivity index (χ3n) is 5.32. The predicted molar refractivity (Wildman–Crippen MR) is 71.9 cm³/mol. The average molecular weight is 276 g/mol. The van der Waals surface area contributed by atoms with E-state index in [1.165, 1.54) is 19.3 Å². The largest absolute Gasteiger partial charge is 0.366 e. The Bertz CT molecular complexity index is 652. The molecular formula is C13H14ClN5. The Kier molecular flexibility index (Phi) is 1.86. The molecule has 0 amide bonds. The minimum absolute atomic E-state index is 0.271. The number of nitrogens with zero attached hydrogens (tertiary/aromatic N) is 3. The van der Waals surface area contributed by atoms with Crippen molar-refractivity contribution in [1.82, 2.24) is 20.2 Å². The van der Waals surface area contributed by atoms with Gasteiger partial charge in [0.05, 0.1) is 11.6 Å². The van der Waals surface area contributed by atoms with Crippen LogP contribution in [0.15, 0.2) is 6.20 Å². The van der Waals surface area contributed by atoms with Gasteiger partial charge in [0.2, 0.25) is 5.28 Å². The zero-order valence-corrected chi connectivity index (χ0v) is 11.1. The molecule has 2 aromatic heterocycles. The summed E-state index contributed by atoms with van der Waals surface area (Å²) in [7, 11) is 0. The summed E-state index contributed by atoms with van der Waals surface area (Å²) >= 11 is 5.96. The number of fused-ring (bicyclic) bond motifs is 6. The number of nitrogens with one attached hydrogen (secondary N) is 2. The molecule has 0 aliphatic heterocycles. The quantitative estimate of drug-likeness (QED) is 0.826. The van der Waals surface area contributed by atoms with Gasteiger partial charge >= 0.3 is 0 Å². The zero-order valence-electron chi connectivity index (χ0n) is 10.3. The maximum absolute atomic E-state index is 5.96. The average Bonchev–Trinajstić information content (AvgIpc) is 2.81. The van der Waals surface area contributed by atoms with Crippen LogP contribution in [0.5, 0.6) is 0 Å². The third kappa shape index (κ3) is 1.34. The molecule has 3 aliphatic carbocycles. The van der Waals surface area contributed by atoms with Crippen molar-refractivity contribution in [2.75, 3.05) is 5.32 Å². The number of H-pyrrole nitrogens is 1. The SMILES string of the molecule is Clc1nc(NC2C3C4CCC(C4)C23)c2cn[nH]c2n1. The molecule has 0 spiro atoms. The first-order chi connectivity index (χ1) is 9.31. The van der Waals surface area contributed by atoms with Crippen LogP contribution in [0.25, 0.3) is 11.0 Å². The molecule has 4 atom stereocenters. The maximum atomic E-state index is 5.96. The van der Waals surface area contributed by atoms with E-state index in [0.29, 0.717) is 11.7 Å². The molecule has 2 aromatic rings. The molecule has 2 bridgehead atoms. The molecule has 0 radical (unpaired) electrons. The van der Waals surface area contributed by atoms with Crippen LogP contribution in [0.4, 0.5) is 5.82 Å². The maximum Gasteiger partial charge on any atom is 0.226 e. The van der Waals surface area contributed by atoms with Crippen molar-refractivity contribution in [3.8, 4) is 0 Å². The fraction of sp³-hybridized carbons (Fsp3) is 0.615. The number of hydrogen-bond acceptors (Lipinski definition) is 4. The van der Waals surface area contributed by atoms with Crippen LogP contribution in [-0.2, 0) is 0 Å². The number of anilines is 1. The lowest BCUT2D eigenvalue weighted by Crippen LogP contribution is -2.14. The normalized spacial score (nSPS) is 38.7. The molecule has 3 aliphatic rings. The topological polar surface area (TPSA) is 66.5 Å². The van der Waals surface area contributed by atoms with E-state index < -0.39 is 0 Å². The molecular weight excluding hydrogens is 262 g/mol. The van der Waals surface area contributed by atoms with E-state index in [1.807, 2.05) is 0 Å². The fourth-order valence-electron chi connectivity index (χ4n) is 4.59. The van der Waals surface area contributed by atoms with E-state index in [1.54, 1.807) is 6.20 Å². The van der Waals surface area contributed by atoms with Gasteiger partial charge in [-0.25, -0.2) is 0 Å². The summed E-state index contributed by atoms with van der Waals surface area (Å²) in [6.07, 6.45) is 6.07. The van der Waals surface area contributed by atoms with E-state index in [0.717, 1.165) is 34.9 Å². The summed E-state index contributed by atoms with van der Waals surface area (Å²) in [5.41, 5.74) is 0.705. The molecule has 19 heavy (non-hydrogen) atoms. The van der Waals surface area contributed by atoms with Crippen LogP contribution in [-0.4, -0.2) is 26.2 Å². The van der Waals surface area contributed by atoms with Crippen LogP contribution >= 0.6 is 11.6 Å². The third-order valence-corrected chi connectivity index (χ3v) is 5.49. The molecule has 3 saturated carbocycles. The smallest absolute Gasteiger partial charge is 0.226 e. The lowest BCUT2D eigenvalue weighted by Gasteiger charge is -2.11. The lowest BCUT2D eigenvalue weighted by atomic mass is 10.0. The van der Waals surface area contributed by atoms with Crippen LogP contribution in [0.2, 0.25) is 5.28 Å². The van der Waals surface area contributed by atoms with Gasteiger partial charge in [-0.1, -0.05) is 0 Å². The van der Waals surface area contributed by atoms with Gasteiger partial charge in [0.1, 0.15) is 5.82 Å². The second-order valence-electron chi connectivity index (χ2n) is 6.13. The van der Waals surface area contributed by atoms with E-state index in [4.69, 9.17) is 11.6 Å². The summed E-state index contributed by atoms with van der Waals surface area (Å²) in [6, 6.07) is 0.593. The standard InChI is InChI=1S/C13H14ClN5/c14-13-17-11(7-4-15-19-12(7)18-13)16-10-8-5-1-2-6(3-5)9(8)10/h4-6,8-10H,1-3H2,(H2,15,16,17,18,19). The Hall–Kier alpha value is -1.36. The summed E-state index contributed by atoms with van der Waals surface area (Å²) in [5.74, 6) is 4.47. The van der Waals surface area contributed by atoms with Gasteiger partial charge in [-0.2, -0.15) is 15.1 Å². The van der Waals surface area contributed by atoms with Crippen molar-refractivity contribution >= 4 is 28.5 Å². The second kappa shape index (κ2) is 3.39. The van der Waals surface area contributed by atoms with Gasteiger partial charge in [0.15, 0.2) is 5.65 Å². The van der Waals surface area contributed by atoms with E-state index >= 15 is 0 Å². The number of hydrogen-bond donors (Lipinski definition) is 2. The highest BCUT2D eigenvalue weighted by atomic mass is 35.5. The fourth-order valence-corrected chi connectivity index (χ4v) is 4.76. The molecule has 0 aromatic carbocycles. The number of rotatable bonds is 2. The van der Waals surface area contributed by atoms with Crippen LogP contribution in [0.1, 0.15) is 19.3 Å². The van der Waals surface area contributed by atoms with Gasteiger partial charge in [0, 0.05) is 6.04 Å². The zero-order chi connectivity index (χ0) is 12.6. The van der Waals surface area contributed by atoms with Gasteiger partial charge in [-0.3, -0.25) is 5.10 Å². The highest BCUT2D eigenvalue weighted by molar-refractivity contribution is 6.28. The summed E-state index contributed by atoms with van der Waals surface area (Å²) in [4.78, 5) is 8.47. The first kappa shape index (κ1) is 10.4. The predicted octanol–water partition coefficient (Wildman–Crippen LogP) is 2.46. The van der Waals surface area contributed by atoms with Crippen LogP contribution in [0, 0.1) is 23.7 Å². The van der Waals surface area contributed by atoms with Gasteiger partial charge in [0.25, 0.3) is 0 Å². The lowest BCUT2D eigenvalue weighted by molar-refractivity contribution is 0.456. The highest BCUT2D eigenvalue weighted by Crippen LogP contribution is 2.66. The molecule has 2 heterocycles. The van der Waals surface area contributed by atoms with Gasteiger partial charge in [-0.15, -0.1) is 0 Å². The molecule has 3 fully saturated rings. The van der Waals surface area contributed by atoms with Crippen molar-refractivity contribution in [2.45, 2.75) is 25.3 Å². The molecule has 6 heteroatoms. The number of aromatic amines is 1. The van der Waals surface area contributed by atoms with Gasteiger partial charge in [-0.05, 0) is 54.5 Å². The first-order valence-electron chi connectivity index (χ1n) is 6.94. The highest BCUT2D eigenvalue weighted by Gasteiger charge is 2.65. The summed E-state index contributed by atoms with van der Waals surface area (Å²) < 4.78 is 0. The Morgan fingerprint density at radius 2 is 2.00 bits per heavy atom. The van der Waals surface area contributed by atoms with Crippen molar-refractivity contribution in [2.24, 2.45) is 23.7 Å². The Balaban J connectivity index is 1.49. The van der Waals surface area contributed by atoms with Gasteiger partial charge < -0.3 is 5.32 Å². The van der Waals surface area contributed by atoms with Crippen LogP contribution < -0.4 is 5.32 Å². The Morgan fingerprint density at radius 3 is 2.79 bits per heavy atom.